The summed E-state index contributed by atoms with van der Waals surface area (Å²) in [7, 11) is 1.65. The van der Waals surface area contributed by atoms with E-state index in [0.29, 0.717) is 6.04 Å². The molecule has 0 aliphatic carbocycles. The second-order valence-corrected chi connectivity index (χ2v) is 3.90. The van der Waals surface area contributed by atoms with E-state index in [9.17, 15) is 0 Å². The number of rotatable bonds is 3. The molecule has 4 nitrogen and oxygen atoms in total. The highest BCUT2D eigenvalue weighted by atomic mass is 16.5. The van der Waals surface area contributed by atoms with Crippen molar-refractivity contribution in [2.75, 3.05) is 12.4 Å². The second kappa shape index (κ2) is 4.35. The first kappa shape index (κ1) is 10.7. The third kappa shape index (κ3) is 2.05. The van der Waals surface area contributed by atoms with Crippen molar-refractivity contribution in [2.24, 2.45) is 0 Å². The quantitative estimate of drug-likeness (QED) is 0.857. The van der Waals surface area contributed by atoms with E-state index < -0.39 is 0 Å². The molecule has 0 atom stereocenters. The Bertz CT molecular complexity index is 497. The lowest BCUT2D eigenvalue weighted by atomic mass is 10.2. The number of methoxy groups -OCH3 is 1. The highest BCUT2D eigenvalue weighted by molar-refractivity contribution is 5.89. The summed E-state index contributed by atoms with van der Waals surface area (Å²) in [6.45, 7) is 4.15. The molecule has 0 saturated carbocycles. The number of fused-ring (bicyclic) bond motifs is 1. The summed E-state index contributed by atoms with van der Waals surface area (Å²) < 4.78 is 5.20. The molecule has 1 aromatic heterocycles. The summed E-state index contributed by atoms with van der Waals surface area (Å²) >= 11 is 0. The minimum Gasteiger partial charge on any atom is -0.497 e. The van der Waals surface area contributed by atoms with Gasteiger partial charge in [0.25, 0.3) is 0 Å². The topological polar surface area (TPSA) is 47.0 Å². The van der Waals surface area contributed by atoms with Crippen LogP contribution in [-0.2, 0) is 0 Å². The summed E-state index contributed by atoms with van der Waals surface area (Å²) in [6, 6.07) is 6.11. The summed E-state index contributed by atoms with van der Waals surface area (Å²) in [4.78, 5) is 8.46. The maximum atomic E-state index is 5.20. The monoisotopic (exact) mass is 217 g/mol. The van der Waals surface area contributed by atoms with E-state index in [1.54, 1.807) is 13.4 Å². The first-order valence-electron chi connectivity index (χ1n) is 5.26. The van der Waals surface area contributed by atoms with Gasteiger partial charge in [0.15, 0.2) is 0 Å². The Morgan fingerprint density at radius 1 is 1.25 bits per heavy atom. The van der Waals surface area contributed by atoms with Crippen LogP contribution in [0.3, 0.4) is 0 Å². The van der Waals surface area contributed by atoms with Gasteiger partial charge in [-0.05, 0) is 32.0 Å². The summed E-state index contributed by atoms with van der Waals surface area (Å²) in [5.74, 6) is 1.66. The molecular weight excluding hydrogens is 202 g/mol. The normalized spacial score (nSPS) is 10.8. The van der Waals surface area contributed by atoms with Crippen molar-refractivity contribution in [1.82, 2.24) is 9.97 Å². The fourth-order valence-electron chi connectivity index (χ4n) is 1.55. The molecular formula is C12H15N3O. The Hall–Kier alpha value is -1.84. The van der Waals surface area contributed by atoms with Crippen molar-refractivity contribution >= 4 is 16.7 Å². The van der Waals surface area contributed by atoms with Gasteiger partial charge in [0, 0.05) is 11.4 Å². The number of hydrogen-bond donors (Lipinski definition) is 1. The lowest BCUT2D eigenvalue weighted by Crippen LogP contribution is -2.11. The fraction of sp³-hybridized carbons (Fsp3) is 0.333. The number of nitrogens with one attached hydrogen (secondary N) is 1. The smallest absolute Gasteiger partial charge is 0.137 e. The SMILES string of the molecule is COc1ccc2ncnc(NC(C)C)c2c1. The van der Waals surface area contributed by atoms with Crippen LogP contribution in [0.15, 0.2) is 24.5 Å². The molecule has 0 saturated heterocycles. The van der Waals surface area contributed by atoms with Crippen LogP contribution in [0, 0.1) is 0 Å². The number of aromatic nitrogens is 2. The predicted molar refractivity (Wildman–Crippen MR) is 64.8 cm³/mol. The van der Waals surface area contributed by atoms with Gasteiger partial charge < -0.3 is 10.1 Å². The molecule has 1 heterocycles. The van der Waals surface area contributed by atoms with E-state index in [4.69, 9.17) is 4.74 Å². The van der Waals surface area contributed by atoms with Crippen molar-refractivity contribution in [3.8, 4) is 5.75 Å². The van der Waals surface area contributed by atoms with Crippen LogP contribution in [-0.4, -0.2) is 23.1 Å². The molecule has 0 spiro atoms. The Balaban J connectivity index is 2.55. The van der Waals surface area contributed by atoms with Crippen LogP contribution in [0.2, 0.25) is 0 Å². The predicted octanol–water partition coefficient (Wildman–Crippen LogP) is 2.46. The number of nitrogens with zero attached hydrogens (tertiary/aromatic N) is 2. The van der Waals surface area contributed by atoms with Crippen molar-refractivity contribution in [3.05, 3.63) is 24.5 Å². The molecule has 2 rings (SSSR count). The third-order valence-electron chi connectivity index (χ3n) is 2.27. The first-order chi connectivity index (χ1) is 7.70. The van der Waals surface area contributed by atoms with E-state index in [2.05, 4.69) is 29.1 Å². The largest absolute Gasteiger partial charge is 0.497 e. The Morgan fingerprint density at radius 2 is 2.06 bits per heavy atom. The molecule has 0 amide bonds. The van der Waals surface area contributed by atoms with Crippen molar-refractivity contribution in [3.63, 3.8) is 0 Å². The van der Waals surface area contributed by atoms with Gasteiger partial charge in [-0.3, -0.25) is 0 Å². The Labute approximate surface area is 94.7 Å². The van der Waals surface area contributed by atoms with Crippen LogP contribution in [0.5, 0.6) is 5.75 Å². The molecule has 1 N–H and O–H groups in total. The highest BCUT2D eigenvalue weighted by Crippen LogP contribution is 2.24. The molecule has 0 fully saturated rings. The molecule has 4 heteroatoms. The van der Waals surface area contributed by atoms with E-state index in [0.717, 1.165) is 22.5 Å². The zero-order valence-corrected chi connectivity index (χ0v) is 9.69. The van der Waals surface area contributed by atoms with Gasteiger partial charge in [-0.2, -0.15) is 0 Å². The number of benzene rings is 1. The average Bonchev–Trinajstić information content (AvgIpc) is 2.28. The van der Waals surface area contributed by atoms with Crippen LogP contribution >= 0.6 is 0 Å². The van der Waals surface area contributed by atoms with Gasteiger partial charge in [0.05, 0.1) is 12.6 Å². The van der Waals surface area contributed by atoms with Crippen molar-refractivity contribution < 1.29 is 4.74 Å². The standard InChI is InChI=1S/C12H15N3O/c1-8(2)15-12-10-6-9(16-3)4-5-11(10)13-7-14-12/h4-8H,1-3H3,(H,13,14,15). The molecule has 0 aliphatic rings. The minimum absolute atomic E-state index is 0.337. The summed E-state index contributed by atoms with van der Waals surface area (Å²) in [5.41, 5.74) is 0.916. The fourth-order valence-corrected chi connectivity index (χ4v) is 1.55. The van der Waals surface area contributed by atoms with Gasteiger partial charge in [-0.1, -0.05) is 0 Å². The maximum Gasteiger partial charge on any atom is 0.137 e. The van der Waals surface area contributed by atoms with Crippen LogP contribution in [0.25, 0.3) is 10.9 Å². The van der Waals surface area contributed by atoms with Crippen LogP contribution in [0.4, 0.5) is 5.82 Å². The first-order valence-corrected chi connectivity index (χ1v) is 5.26. The molecule has 1 aromatic carbocycles. The van der Waals surface area contributed by atoms with Crippen molar-refractivity contribution in [2.45, 2.75) is 19.9 Å². The van der Waals surface area contributed by atoms with E-state index in [1.807, 2.05) is 18.2 Å². The molecule has 0 radical (unpaired) electrons. The molecule has 2 aromatic rings. The van der Waals surface area contributed by atoms with E-state index >= 15 is 0 Å². The highest BCUT2D eigenvalue weighted by Gasteiger charge is 2.05. The van der Waals surface area contributed by atoms with Gasteiger partial charge in [0.1, 0.15) is 17.9 Å². The Morgan fingerprint density at radius 3 is 2.75 bits per heavy atom. The molecule has 0 bridgehead atoms. The van der Waals surface area contributed by atoms with Gasteiger partial charge in [0.2, 0.25) is 0 Å². The van der Waals surface area contributed by atoms with Crippen LogP contribution in [0.1, 0.15) is 13.8 Å². The molecule has 16 heavy (non-hydrogen) atoms. The number of anilines is 1. The van der Waals surface area contributed by atoms with Crippen molar-refractivity contribution in [1.29, 1.82) is 0 Å². The van der Waals surface area contributed by atoms with E-state index in [1.165, 1.54) is 0 Å². The zero-order chi connectivity index (χ0) is 11.5. The minimum atomic E-state index is 0.337. The Kier molecular flexibility index (Phi) is 2.90. The van der Waals surface area contributed by atoms with Gasteiger partial charge in [-0.15, -0.1) is 0 Å². The summed E-state index contributed by atoms with van der Waals surface area (Å²) in [5, 5.41) is 4.27. The van der Waals surface area contributed by atoms with Crippen LogP contribution < -0.4 is 10.1 Å². The lowest BCUT2D eigenvalue weighted by Gasteiger charge is -2.11. The van der Waals surface area contributed by atoms with Gasteiger partial charge >= 0.3 is 0 Å². The molecule has 84 valence electrons. The summed E-state index contributed by atoms with van der Waals surface area (Å²) in [6.07, 6.45) is 1.57. The molecule has 0 unspecified atom stereocenters. The zero-order valence-electron chi connectivity index (χ0n) is 9.69. The second-order valence-electron chi connectivity index (χ2n) is 3.90. The maximum absolute atomic E-state index is 5.20. The van der Waals surface area contributed by atoms with Gasteiger partial charge in [-0.25, -0.2) is 9.97 Å². The third-order valence-corrected chi connectivity index (χ3v) is 2.27. The lowest BCUT2D eigenvalue weighted by molar-refractivity contribution is 0.415. The average molecular weight is 217 g/mol. The molecule has 0 aliphatic heterocycles. The van der Waals surface area contributed by atoms with E-state index in [-0.39, 0.29) is 0 Å². The number of hydrogen-bond acceptors (Lipinski definition) is 4. The number of ether oxygens (including phenoxy) is 1.